The molecule has 2 fully saturated rings. The van der Waals surface area contributed by atoms with Gasteiger partial charge in [-0.05, 0) is 56.5 Å². The molecule has 8 nitrogen and oxygen atoms in total. The molecule has 5 rings (SSSR count). The molecule has 1 spiro atoms. The number of thiazole rings is 1. The summed E-state index contributed by atoms with van der Waals surface area (Å²) < 4.78 is 0. The second kappa shape index (κ2) is 8.80. The Balaban J connectivity index is 1.43. The molecule has 3 aromatic rings. The van der Waals surface area contributed by atoms with E-state index in [0.717, 1.165) is 52.5 Å². The maximum Gasteiger partial charge on any atom is 0.228 e. The molecule has 2 aliphatic heterocycles. The first-order valence-corrected chi connectivity index (χ1v) is 12.1. The molecule has 2 saturated heterocycles. The number of likely N-dealkylation sites (tertiary alicyclic amines) is 1. The number of amides is 1. The van der Waals surface area contributed by atoms with Crippen molar-refractivity contribution in [2.75, 3.05) is 25.0 Å². The predicted molar refractivity (Wildman–Crippen MR) is 131 cm³/mol. The lowest BCUT2D eigenvalue weighted by Gasteiger charge is -2.47. The molecule has 4 heterocycles. The van der Waals surface area contributed by atoms with E-state index in [0.29, 0.717) is 23.8 Å². The van der Waals surface area contributed by atoms with Crippen LogP contribution < -0.4 is 10.6 Å². The fourth-order valence-electron chi connectivity index (χ4n) is 4.69. The molecule has 1 aromatic carbocycles. The average molecular weight is 475 g/mol. The SMILES string of the molecule is Cc1cc(-c2sc(NC(O)N3CCC4(CC3)CNC4=O)nc2-c2cccc(C#N)c2)cc(C)n1. The molecule has 1 amide bonds. The van der Waals surface area contributed by atoms with Crippen LogP contribution in [0, 0.1) is 30.6 Å². The maximum atomic E-state index is 11.9. The number of nitrogens with one attached hydrogen (secondary N) is 2. The number of benzene rings is 1. The summed E-state index contributed by atoms with van der Waals surface area (Å²) in [5.74, 6) is 0.131. The van der Waals surface area contributed by atoms with Gasteiger partial charge in [-0.2, -0.15) is 5.26 Å². The van der Waals surface area contributed by atoms with Crippen LogP contribution in [0.15, 0.2) is 36.4 Å². The summed E-state index contributed by atoms with van der Waals surface area (Å²) in [4.78, 5) is 24.1. The van der Waals surface area contributed by atoms with Gasteiger partial charge < -0.3 is 15.7 Å². The zero-order chi connectivity index (χ0) is 23.9. The Bertz CT molecular complexity index is 1270. The Morgan fingerprint density at radius 2 is 1.91 bits per heavy atom. The Labute approximate surface area is 202 Å². The monoisotopic (exact) mass is 474 g/mol. The summed E-state index contributed by atoms with van der Waals surface area (Å²) in [6, 6.07) is 13.6. The number of aliphatic hydroxyl groups excluding tert-OH is 1. The molecule has 9 heteroatoms. The molecular weight excluding hydrogens is 448 g/mol. The summed E-state index contributed by atoms with van der Waals surface area (Å²) in [5, 5.41) is 26.8. The lowest BCUT2D eigenvalue weighted by Crippen LogP contribution is -2.63. The van der Waals surface area contributed by atoms with E-state index in [2.05, 4.69) is 21.7 Å². The third-order valence-corrected chi connectivity index (χ3v) is 7.69. The standard InChI is InChI=1S/C25H26N6O2S/c1-15-10-19(11-16(2)28-15)21-20(18-5-3-4-17(12-18)13-26)29-23(34-21)30-24(33)31-8-6-25(7-9-31)14-27-22(25)32/h3-5,10-12,24,33H,6-9,14H2,1-2H3,(H,27,32)(H,29,30). The van der Waals surface area contributed by atoms with Crippen LogP contribution in [0.4, 0.5) is 5.13 Å². The zero-order valence-electron chi connectivity index (χ0n) is 19.1. The molecule has 3 N–H and O–H groups in total. The molecule has 2 aliphatic rings. The molecule has 0 aliphatic carbocycles. The van der Waals surface area contributed by atoms with Crippen LogP contribution >= 0.6 is 11.3 Å². The van der Waals surface area contributed by atoms with Crippen molar-refractivity contribution >= 4 is 22.4 Å². The van der Waals surface area contributed by atoms with Crippen molar-refractivity contribution in [3.63, 3.8) is 0 Å². The van der Waals surface area contributed by atoms with E-state index in [-0.39, 0.29) is 11.3 Å². The van der Waals surface area contributed by atoms with Crippen molar-refractivity contribution in [1.29, 1.82) is 5.26 Å². The number of aromatic nitrogens is 2. The van der Waals surface area contributed by atoms with E-state index in [1.165, 1.54) is 11.3 Å². The van der Waals surface area contributed by atoms with Crippen molar-refractivity contribution in [2.45, 2.75) is 33.0 Å². The van der Waals surface area contributed by atoms with E-state index < -0.39 is 6.35 Å². The number of nitriles is 1. The van der Waals surface area contributed by atoms with Gasteiger partial charge in [0.05, 0.1) is 27.6 Å². The van der Waals surface area contributed by atoms with Crippen LogP contribution in [-0.4, -0.2) is 51.9 Å². The number of aliphatic hydroxyl groups is 1. The average Bonchev–Trinajstić information content (AvgIpc) is 3.26. The first-order valence-electron chi connectivity index (χ1n) is 11.3. The summed E-state index contributed by atoms with van der Waals surface area (Å²) in [6.45, 7) is 5.93. The second-order valence-corrected chi connectivity index (χ2v) is 10.0. The molecular formula is C25H26N6O2S. The summed E-state index contributed by atoms with van der Waals surface area (Å²) in [5.41, 5.74) is 4.74. The molecule has 2 aromatic heterocycles. The lowest BCUT2D eigenvalue weighted by molar-refractivity contribution is -0.146. The van der Waals surface area contributed by atoms with Gasteiger partial charge in [0.25, 0.3) is 0 Å². The number of β-lactam (4-membered cyclic amide) rings is 1. The largest absolute Gasteiger partial charge is 0.361 e. The van der Waals surface area contributed by atoms with E-state index in [9.17, 15) is 15.2 Å². The second-order valence-electron chi connectivity index (χ2n) is 9.04. The molecule has 0 bridgehead atoms. The highest BCUT2D eigenvalue weighted by Crippen LogP contribution is 2.40. The van der Waals surface area contributed by atoms with Gasteiger partial charge in [0, 0.05) is 36.6 Å². The van der Waals surface area contributed by atoms with Gasteiger partial charge in [-0.3, -0.25) is 14.7 Å². The number of carbonyl (C=O) groups excluding carboxylic acids is 1. The third-order valence-electron chi connectivity index (χ3n) is 6.66. The van der Waals surface area contributed by atoms with Crippen LogP contribution in [0.3, 0.4) is 0 Å². The van der Waals surface area contributed by atoms with Crippen molar-refractivity contribution in [3.05, 3.63) is 53.3 Å². The van der Waals surface area contributed by atoms with Crippen LogP contribution in [-0.2, 0) is 4.79 Å². The van der Waals surface area contributed by atoms with Gasteiger partial charge in [0.15, 0.2) is 11.5 Å². The van der Waals surface area contributed by atoms with Gasteiger partial charge in [0.2, 0.25) is 5.91 Å². The number of aryl methyl sites for hydroxylation is 2. The van der Waals surface area contributed by atoms with E-state index in [1.54, 1.807) is 6.07 Å². The number of pyridine rings is 1. The maximum absolute atomic E-state index is 11.9. The number of hydrogen-bond acceptors (Lipinski definition) is 8. The molecule has 34 heavy (non-hydrogen) atoms. The quantitative estimate of drug-likeness (QED) is 0.384. The molecule has 0 radical (unpaired) electrons. The van der Waals surface area contributed by atoms with Crippen molar-refractivity contribution in [3.8, 4) is 27.8 Å². The van der Waals surface area contributed by atoms with Gasteiger partial charge >= 0.3 is 0 Å². The minimum atomic E-state index is -0.904. The first-order chi connectivity index (χ1) is 16.4. The Morgan fingerprint density at radius 1 is 1.18 bits per heavy atom. The number of rotatable bonds is 5. The summed E-state index contributed by atoms with van der Waals surface area (Å²) >= 11 is 1.46. The minimum absolute atomic E-state index is 0.131. The van der Waals surface area contributed by atoms with Crippen LogP contribution in [0.2, 0.25) is 0 Å². The van der Waals surface area contributed by atoms with E-state index in [1.807, 2.05) is 49.1 Å². The fraction of sp³-hybridized carbons (Fsp3) is 0.360. The molecule has 1 atom stereocenters. The number of piperidine rings is 1. The Hall–Kier alpha value is -3.32. The topological polar surface area (TPSA) is 114 Å². The predicted octanol–water partition coefficient (Wildman–Crippen LogP) is 3.26. The molecule has 174 valence electrons. The normalized spacial score (nSPS) is 18.1. The first kappa shape index (κ1) is 22.5. The highest BCUT2D eigenvalue weighted by atomic mass is 32.1. The minimum Gasteiger partial charge on any atom is -0.361 e. The fourth-order valence-corrected chi connectivity index (χ4v) is 5.68. The van der Waals surface area contributed by atoms with Crippen LogP contribution in [0.25, 0.3) is 21.7 Å². The third kappa shape index (κ3) is 4.16. The Morgan fingerprint density at radius 3 is 2.53 bits per heavy atom. The zero-order valence-corrected chi connectivity index (χ0v) is 19.9. The lowest BCUT2D eigenvalue weighted by atomic mass is 9.72. The Kier molecular flexibility index (Phi) is 5.81. The number of carbonyl (C=O) groups is 1. The van der Waals surface area contributed by atoms with Gasteiger partial charge in [-0.1, -0.05) is 23.5 Å². The number of hydrogen-bond donors (Lipinski definition) is 3. The summed E-state index contributed by atoms with van der Waals surface area (Å²) in [7, 11) is 0. The number of anilines is 1. The summed E-state index contributed by atoms with van der Waals surface area (Å²) in [6.07, 6.45) is 0.573. The smallest absolute Gasteiger partial charge is 0.228 e. The highest BCUT2D eigenvalue weighted by Gasteiger charge is 2.48. The van der Waals surface area contributed by atoms with E-state index >= 15 is 0 Å². The van der Waals surface area contributed by atoms with Gasteiger partial charge in [-0.25, -0.2) is 4.98 Å². The molecule has 1 unspecified atom stereocenters. The van der Waals surface area contributed by atoms with Crippen molar-refractivity contribution in [1.82, 2.24) is 20.2 Å². The highest BCUT2D eigenvalue weighted by molar-refractivity contribution is 7.19. The van der Waals surface area contributed by atoms with Crippen LogP contribution in [0.1, 0.15) is 29.8 Å². The van der Waals surface area contributed by atoms with Crippen LogP contribution in [0.5, 0.6) is 0 Å². The van der Waals surface area contributed by atoms with Gasteiger partial charge in [0.1, 0.15) is 0 Å². The number of nitrogens with zero attached hydrogens (tertiary/aromatic N) is 4. The van der Waals surface area contributed by atoms with E-state index in [4.69, 9.17) is 4.98 Å². The van der Waals surface area contributed by atoms with Gasteiger partial charge in [-0.15, -0.1) is 0 Å². The van der Waals surface area contributed by atoms with Crippen molar-refractivity contribution in [2.24, 2.45) is 5.41 Å². The van der Waals surface area contributed by atoms with Crippen molar-refractivity contribution < 1.29 is 9.90 Å². The molecule has 0 saturated carbocycles.